The first-order valence-corrected chi connectivity index (χ1v) is 4.63. The lowest BCUT2D eigenvalue weighted by atomic mass is 10.0. The minimum Gasteiger partial charge on any atom is -0.265 e. The summed E-state index contributed by atoms with van der Waals surface area (Å²) < 4.78 is 2.06. The second-order valence-corrected chi connectivity index (χ2v) is 3.44. The van der Waals surface area contributed by atoms with Crippen LogP contribution in [0.25, 0.3) is 11.1 Å². The van der Waals surface area contributed by atoms with Gasteiger partial charge in [0.25, 0.3) is 0 Å². The van der Waals surface area contributed by atoms with Crippen LogP contribution in [0.4, 0.5) is 0 Å². The first-order valence-electron chi connectivity index (χ1n) is 4.63. The molecule has 0 fully saturated rings. The summed E-state index contributed by atoms with van der Waals surface area (Å²) in [6, 6.07) is 6.19. The van der Waals surface area contributed by atoms with E-state index in [1.165, 1.54) is 16.7 Å². The topological polar surface area (TPSA) is 16.8 Å². The van der Waals surface area contributed by atoms with Gasteiger partial charge < -0.3 is 0 Å². The Morgan fingerprint density at radius 1 is 1.14 bits per heavy atom. The van der Waals surface area contributed by atoms with Crippen LogP contribution in [0.3, 0.4) is 0 Å². The predicted molar refractivity (Wildman–Crippen MR) is 55.6 cm³/mol. The summed E-state index contributed by atoms with van der Waals surface area (Å²) in [5.41, 5.74) is 3.77. The van der Waals surface area contributed by atoms with Gasteiger partial charge in [0.05, 0.1) is 0 Å². The molecule has 0 saturated carbocycles. The number of pyridine rings is 2. The zero-order chi connectivity index (χ0) is 9.97. The molecule has 2 nitrogen and oxygen atoms in total. The third-order valence-corrected chi connectivity index (χ3v) is 2.29. The van der Waals surface area contributed by atoms with Gasteiger partial charge >= 0.3 is 0 Å². The maximum absolute atomic E-state index is 4.01. The molecule has 2 heterocycles. The molecular weight excluding hydrogens is 172 g/mol. The summed E-state index contributed by atoms with van der Waals surface area (Å²) in [6.45, 7) is 2.12. The van der Waals surface area contributed by atoms with E-state index in [0.717, 1.165) is 0 Å². The normalized spacial score (nSPS) is 10.1. The van der Waals surface area contributed by atoms with Crippen LogP contribution in [-0.4, -0.2) is 4.98 Å². The second kappa shape index (κ2) is 3.58. The molecule has 0 N–H and O–H groups in total. The van der Waals surface area contributed by atoms with Crippen LogP contribution in [0.1, 0.15) is 5.56 Å². The van der Waals surface area contributed by atoms with E-state index in [1.54, 1.807) is 0 Å². The fourth-order valence-corrected chi connectivity index (χ4v) is 1.60. The molecule has 0 radical (unpaired) electrons. The first-order chi connectivity index (χ1) is 6.77. The molecule has 0 spiro atoms. The van der Waals surface area contributed by atoms with Crippen molar-refractivity contribution < 1.29 is 4.57 Å². The zero-order valence-corrected chi connectivity index (χ0v) is 8.44. The lowest BCUT2D eigenvalue weighted by Crippen LogP contribution is -2.26. The number of rotatable bonds is 1. The second-order valence-electron chi connectivity index (χ2n) is 3.44. The first kappa shape index (κ1) is 8.88. The zero-order valence-electron chi connectivity index (χ0n) is 8.44. The average Bonchev–Trinajstić information content (AvgIpc) is 2.19. The minimum absolute atomic E-state index is 1.22. The molecule has 0 aliphatic rings. The quantitative estimate of drug-likeness (QED) is 0.620. The Balaban J connectivity index is 2.53. The highest BCUT2D eigenvalue weighted by Crippen LogP contribution is 2.20. The van der Waals surface area contributed by atoms with Gasteiger partial charge in [0.2, 0.25) is 0 Å². The van der Waals surface area contributed by atoms with Gasteiger partial charge in [-0.2, -0.15) is 0 Å². The molecule has 14 heavy (non-hydrogen) atoms. The van der Waals surface area contributed by atoms with E-state index in [-0.39, 0.29) is 0 Å². The molecule has 0 amide bonds. The van der Waals surface area contributed by atoms with Crippen molar-refractivity contribution >= 4 is 0 Å². The number of hydrogen-bond acceptors (Lipinski definition) is 1. The standard InChI is InChI=1S/C12H13N2/c1-10-9-14(2)8-5-12(10)11-3-6-13-7-4-11/h3-9H,1-2H3/q+1. The largest absolute Gasteiger partial charge is 0.265 e. The van der Waals surface area contributed by atoms with Crippen LogP contribution in [-0.2, 0) is 7.05 Å². The van der Waals surface area contributed by atoms with Crippen molar-refractivity contribution in [2.75, 3.05) is 0 Å². The molecule has 0 unspecified atom stereocenters. The SMILES string of the molecule is Cc1c[n+](C)ccc1-c1ccncc1. The fourth-order valence-electron chi connectivity index (χ4n) is 1.60. The molecule has 0 aliphatic heterocycles. The van der Waals surface area contributed by atoms with Gasteiger partial charge in [0, 0.05) is 24.0 Å². The van der Waals surface area contributed by atoms with Gasteiger partial charge in [-0.3, -0.25) is 4.98 Å². The molecule has 0 aromatic carbocycles. The summed E-state index contributed by atoms with van der Waals surface area (Å²) in [6.07, 6.45) is 7.82. The monoisotopic (exact) mass is 185 g/mol. The maximum atomic E-state index is 4.01. The van der Waals surface area contributed by atoms with Crippen LogP contribution in [0, 0.1) is 6.92 Å². The van der Waals surface area contributed by atoms with E-state index in [0.29, 0.717) is 0 Å². The van der Waals surface area contributed by atoms with Gasteiger partial charge in [-0.15, -0.1) is 0 Å². The van der Waals surface area contributed by atoms with Crippen molar-refractivity contribution in [3.8, 4) is 11.1 Å². The van der Waals surface area contributed by atoms with Crippen LogP contribution < -0.4 is 4.57 Å². The van der Waals surface area contributed by atoms with Gasteiger partial charge in [-0.25, -0.2) is 4.57 Å². The summed E-state index contributed by atoms with van der Waals surface area (Å²) >= 11 is 0. The summed E-state index contributed by atoms with van der Waals surface area (Å²) in [5.74, 6) is 0. The van der Waals surface area contributed by atoms with Crippen molar-refractivity contribution in [2.45, 2.75) is 6.92 Å². The smallest absolute Gasteiger partial charge is 0.172 e. The van der Waals surface area contributed by atoms with Crippen LogP contribution in [0.5, 0.6) is 0 Å². The van der Waals surface area contributed by atoms with E-state index in [1.807, 2.05) is 31.6 Å². The predicted octanol–water partition coefficient (Wildman–Crippen LogP) is 1.88. The van der Waals surface area contributed by atoms with Crippen LogP contribution >= 0.6 is 0 Å². The summed E-state index contributed by atoms with van der Waals surface area (Å²) in [5, 5.41) is 0. The van der Waals surface area contributed by atoms with Crippen molar-refractivity contribution in [3.05, 3.63) is 48.5 Å². The Labute approximate surface area is 83.9 Å². The van der Waals surface area contributed by atoms with E-state index >= 15 is 0 Å². The third kappa shape index (κ3) is 1.64. The molecule has 0 atom stereocenters. The fraction of sp³-hybridized carbons (Fsp3) is 0.167. The van der Waals surface area contributed by atoms with Crippen molar-refractivity contribution in [1.29, 1.82) is 0 Å². The molecule has 70 valence electrons. The highest BCUT2D eigenvalue weighted by molar-refractivity contribution is 5.65. The summed E-state index contributed by atoms with van der Waals surface area (Å²) in [4.78, 5) is 4.01. The Kier molecular flexibility index (Phi) is 2.27. The molecule has 2 rings (SSSR count). The average molecular weight is 185 g/mol. The van der Waals surface area contributed by atoms with Crippen molar-refractivity contribution in [3.63, 3.8) is 0 Å². The third-order valence-electron chi connectivity index (χ3n) is 2.29. The van der Waals surface area contributed by atoms with E-state index in [2.05, 4.69) is 34.9 Å². The van der Waals surface area contributed by atoms with Gasteiger partial charge in [0.15, 0.2) is 12.4 Å². The van der Waals surface area contributed by atoms with Crippen LogP contribution in [0.2, 0.25) is 0 Å². The van der Waals surface area contributed by atoms with Crippen molar-refractivity contribution in [2.24, 2.45) is 7.05 Å². The molecule has 2 heteroatoms. The summed E-state index contributed by atoms with van der Waals surface area (Å²) in [7, 11) is 2.03. The van der Waals surface area contributed by atoms with E-state index < -0.39 is 0 Å². The van der Waals surface area contributed by atoms with Crippen molar-refractivity contribution in [1.82, 2.24) is 4.98 Å². The maximum Gasteiger partial charge on any atom is 0.172 e. The highest BCUT2D eigenvalue weighted by atomic mass is 14.9. The van der Waals surface area contributed by atoms with Gasteiger partial charge in [-0.1, -0.05) is 0 Å². The molecular formula is C12H13N2+. The Morgan fingerprint density at radius 3 is 2.50 bits per heavy atom. The Morgan fingerprint density at radius 2 is 1.86 bits per heavy atom. The van der Waals surface area contributed by atoms with E-state index in [4.69, 9.17) is 0 Å². The lowest BCUT2D eigenvalue weighted by molar-refractivity contribution is -0.671. The van der Waals surface area contributed by atoms with E-state index in [9.17, 15) is 0 Å². The van der Waals surface area contributed by atoms with Gasteiger partial charge in [-0.05, 0) is 30.2 Å². The molecule has 2 aromatic heterocycles. The molecule has 0 bridgehead atoms. The number of aryl methyl sites for hydroxylation is 2. The lowest BCUT2D eigenvalue weighted by Gasteiger charge is -2.02. The minimum atomic E-state index is 1.22. The molecule has 0 saturated heterocycles. The van der Waals surface area contributed by atoms with Gasteiger partial charge in [0.1, 0.15) is 7.05 Å². The number of nitrogens with zero attached hydrogens (tertiary/aromatic N) is 2. The molecule has 0 aliphatic carbocycles. The molecule has 2 aromatic rings. The van der Waals surface area contributed by atoms with Crippen LogP contribution in [0.15, 0.2) is 43.0 Å². The number of aromatic nitrogens is 2. The highest BCUT2D eigenvalue weighted by Gasteiger charge is 2.04. The Hall–Kier alpha value is -1.70. The Bertz CT molecular complexity index is 435. The number of hydrogen-bond donors (Lipinski definition) is 0.